The number of benzene rings is 2. The van der Waals surface area contributed by atoms with Crippen molar-refractivity contribution in [3.8, 4) is 0 Å². The molecule has 0 amide bonds. The maximum absolute atomic E-state index is 4.86. The van der Waals surface area contributed by atoms with Crippen LogP contribution >= 0.6 is 0 Å². The fourth-order valence-corrected chi connectivity index (χ4v) is 2.77. The summed E-state index contributed by atoms with van der Waals surface area (Å²) < 4.78 is 0. The maximum Gasteiger partial charge on any atom is 0.220 e. The first-order chi connectivity index (χ1) is 12.9. The highest BCUT2D eigenvalue weighted by Gasteiger charge is 2.19. The summed E-state index contributed by atoms with van der Waals surface area (Å²) in [4.78, 5) is 15.7. The topological polar surface area (TPSA) is 40.9 Å². The van der Waals surface area contributed by atoms with Crippen LogP contribution in [-0.2, 0) is 0 Å². The molecule has 1 aliphatic rings. The highest BCUT2D eigenvalue weighted by atomic mass is 15.3. The molecule has 0 radical (unpaired) electrons. The zero-order valence-electron chi connectivity index (χ0n) is 14.2. The summed E-state index contributed by atoms with van der Waals surface area (Å²) in [5, 5.41) is 0. The minimum Gasteiger partial charge on any atom is -0.307 e. The molecule has 0 aliphatic carbocycles. The summed E-state index contributed by atoms with van der Waals surface area (Å²) in [6, 6.07) is 24.1. The van der Waals surface area contributed by atoms with E-state index in [9.17, 15) is 0 Å². The molecule has 0 spiro atoms. The third-order valence-electron chi connectivity index (χ3n) is 4.08. The number of allylic oxidation sites excluding steroid dienone is 1. The Kier molecular flexibility index (Phi) is 4.65. The molecule has 1 aromatic heterocycles. The molecular weight excluding hydrogens is 320 g/mol. The molecule has 0 saturated carbocycles. The van der Waals surface area contributed by atoms with Crippen LogP contribution in [0.2, 0.25) is 0 Å². The van der Waals surface area contributed by atoms with Crippen molar-refractivity contribution < 1.29 is 0 Å². The number of aliphatic imine (C=N–C) groups is 2. The molecule has 4 nitrogen and oxygen atoms in total. The van der Waals surface area contributed by atoms with Crippen molar-refractivity contribution in [1.82, 2.24) is 4.98 Å². The van der Waals surface area contributed by atoms with Crippen LogP contribution in [0, 0.1) is 0 Å². The first-order valence-electron chi connectivity index (χ1n) is 8.48. The number of hydrogen-bond acceptors (Lipinski definition) is 4. The van der Waals surface area contributed by atoms with Gasteiger partial charge < -0.3 is 4.90 Å². The van der Waals surface area contributed by atoms with Crippen molar-refractivity contribution >= 4 is 17.6 Å². The lowest BCUT2D eigenvalue weighted by atomic mass is 10.1. The second kappa shape index (κ2) is 7.57. The highest BCUT2D eigenvalue weighted by Crippen LogP contribution is 2.22. The van der Waals surface area contributed by atoms with Gasteiger partial charge in [0.15, 0.2) is 0 Å². The second-order valence-electron chi connectivity index (χ2n) is 5.84. The van der Waals surface area contributed by atoms with E-state index in [1.54, 1.807) is 12.4 Å². The monoisotopic (exact) mass is 338 g/mol. The van der Waals surface area contributed by atoms with Crippen LogP contribution in [0.5, 0.6) is 0 Å². The van der Waals surface area contributed by atoms with E-state index in [1.807, 2.05) is 84.1 Å². The largest absolute Gasteiger partial charge is 0.307 e. The average Bonchev–Trinajstić information content (AvgIpc) is 2.74. The number of hydrogen-bond donors (Lipinski definition) is 0. The average molecular weight is 338 g/mol. The van der Waals surface area contributed by atoms with Crippen LogP contribution in [0.25, 0.3) is 0 Å². The molecular formula is C22H18N4. The lowest BCUT2D eigenvalue weighted by Gasteiger charge is -2.28. The SMILES string of the molecule is C1=CN(c2ccncc2)C(N=Cc2ccccc2)N=C1c1ccccc1. The predicted octanol–water partition coefficient (Wildman–Crippen LogP) is 4.31. The molecule has 3 aromatic rings. The van der Waals surface area contributed by atoms with Crippen molar-refractivity contribution in [3.05, 3.63) is 109 Å². The molecule has 0 fully saturated rings. The van der Waals surface area contributed by atoms with Gasteiger partial charge >= 0.3 is 0 Å². The van der Waals surface area contributed by atoms with E-state index in [0.29, 0.717) is 0 Å². The van der Waals surface area contributed by atoms with E-state index in [1.165, 1.54) is 0 Å². The van der Waals surface area contributed by atoms with Crippen LogP contribution in [0.3, 0.4) is 0 Å². The zero-order valence-corrected chi connectivity index (χ0v) is 14.2. The third-order valence-corrected chi connectivity index (χ3v) is 4.08. The Morgan fingerprint density at radius 1 is 0.846 bits per heavy atom. The molecule has 0 saturated heterocycles. The Balaban J connectivity index is 1.69. The quantitative estimate of drug-likeness (QED) is 0.665. The molecule has 1 aliphatic heterocycles. The van der Waals surface area contributed by atoms with Crippen molar-refractivity contribution in [2.45, 2.75) is 6.29 Å². The van der Waals surface area contributed by atoms with Gasteiger partial charge in [0, 0.05) is 30.5 Å². The van der Waals surface area contributed by atoms with Gasteiger partial charge in [0.2, 0.25) is 6.29 Å². The summed E-state index contributed by atoms with van der Waals surface area (Å²) in [6.45, 7) is 0. The highest BCUT2D eigenvalue weighted by molar-refractivity contribution is 6.09. The number of nitrogens with zero attached hydrogens (tertiary/aromatic N) is 4. The Labute approximate surface area is 152 Å². The van der Waals surface area contributed by atoms with Gasteiger partial charge in [-0.15, -0.1) is 0 Å². The van der Waals surface area contributed by atoms with E-state index in [-0.39, 0.29) is 6.29 Å². The predicted molar refractivity (Wildman–Crippen MR) is 107 cm³/mol. The summed E-state index contributed by atoms with van der Waals surface area (Å²) in [6.07, 6.45) is 9.10. The fraction of sp³-hybridized carbons (Fsp3) is 0.0455. The standard InChI is InChI=1S/C22H18N4/c1-3-7-18(8-4-1)17-24-22-25-21(19-9-5-2-6-10-19)13-16-26(22)20-11-14-23-15-12-20/h1-17,22H. The van der Waals surface area contributed by atoms with E-state index in [4.69, 9.17) is 9.98 Å². The molecule has 2 heterocycles. The molecule has 0 N–H and O–H groups in total. The third kappa shape index (κ3) is 3.59. The van der Waals surface area contributed by atoms with E-state index in [0.717, 1.165) is 22.5 Å². The van der Waals surface area contributed by atoms with E-state index in [2.05, 4.69) is 17.1 Å². The summed E-state index contributed by atoms with van der Waals surface area (Å²) in [7, 11) is 0. The van der Waals surface area contributed by atoms with Gasteiger partial charge in [0.05, 0.1) is 5.71 Å². The number of rotatable bonds is 4. The van der Waals surface area contributed by atoms with Gasteiger partial charge in [-0.2, -0.15) is 0 Å². The Morgan fingerprint density at radius 3 is 2.27 bits per heavy atom. The molecule has 26 heavy (non-hydrogen) atoms. The first-order valence-corrected chi connectivity index (χ1v) is 8.48. The zero-order chi connectivity index (χ0) is 17.6. The molecule has 0 bridgehead atoms. The minimum absolute atomic E-state index is 0.363. The maximum atomic E-state index is 4.86. The lowest BCUT2D eigenvalue weighted by molar-refractivity contribution is 0.713. The van der Waals surface area contributed by atoms with Crippen LogP contribution in [0.4, 0.5) is 5.69 Å². The Morgan fingerprint density at radius 2 is 1.54 bits per heavy atom. The van der Waals surface area contributed by atoms with Crippen LogP contribution in [-0.4, -0.2) is 23.2 Å². The van der Waals surface area contributed by atoms with Gasteiger partial charge in [-0.3, -0.25) is 4.98 Å². The van der Waals surface area contributed by atoms with E-state index < -0.39 is 0 Å². The Hall–Kier alpha value is -3.53. The molecule has 1 unspecified atom stereocenters. The van der Waals surface area contributed by atoms with Crippen LogP contribution in [0.15, 0.2) is 107 Å². The van der Waals surface area contributed by atoms with Gasteiger partial charge in [0.1, 0.15) is 0 Å². The van der Waals surface area contributed by atoms with Crippen molar-refractivity contribution in [1.29, 1.82) is 0 Å². The number of anilines is 1. The Bertz CT molecular complexity index is 932. The molecule has 2 aromatic carbocycles. The first kappa shape index (κ1) is 16.0. The lowest BCUT2D eigenvalue weighted by Crippen LogP contribution is -2.31. The molecule has 4 rings (SSSR count). The van der Waals surface area contributed by atoms with Crippen molar-refractivity contribution in [2.24, 2.45) is 9.98 Å². The van der Waals surface area contributed by atoms with Crippen molar-refractivity contribution in [2.75, 3.05) is 4.90 Å². The van der Waals surface area contributed by atoms with Gasteiger partial charge in [-0.1, -0.05) is 60.7 Å². The smallest absolute Gasteiger partial charge is 0.220 e. The van der Waals surface area contributed by atoms with Gasteiger partial charge in [-0.25, -0.2) is 9.98 Å². The molecule has 126 valence electrons. The molecule has 1 atom stereocenters. The second-order valence-corrected chi connectivity index (χ2v) is 5.84. The van der Waals surface area contributed by atoms with Crippen LogP contribution in [0.1, 0.15) is 11.1 Å². The van der Waals surface area contributed by atoms with Gasteiger partial charge in [0.25, 0.3) is 0 Å². The van der Waals surface area contributed by atoms with Crippen LogP contribution < -0.4 is 4.90 Å². The van der Waals surface area contributed by atoms with Gasteiger partial charge in [-0.05, 0) is 29.3 Å². The number of aromatic nitrogens is 1. The van der Waals surface area contributed by atoms with Crippen molar-refractivity contribution in [3.63, 3.8) is 0 Å². The minimum atomic E-state index is -0.363. The van der Waals surface area contributed by atoms with E-state index >= 15 is 0 Å². The summed E-state index contributed by atoms with van der Waals surface area (Å²) >= 11 is 0. The molecule has 4 heteroatoms. The normalized spacial score (nSPS) is 16.7. The summed E-state index contributed by atoms with van der Waals surface area (Å²) in [5.74, 6) is 0. The fourth-order valence-electron chi connectivity index (χ4n) is 2.77. The summed E-state index contributed by atoms with van der Waals surface area (Å²) in [5.41, 5.74) is 4.06. The number of pyridine rings is 1.